The Balaban J connectivity index is 2.44. The molecule has 0 unspecified atom stereocenters. The van der Waals surface area contributed by atoms with E-state index >= 15 is 0 Å². The van der Waals surface area contributed by atoms with E-state index in [0.717, 1.165) is 44.9 Å². The fourth-order valence-corrected chi connectivity index (χ4v) is 3.68. The molecule has 1 aliphatic rings. The lowest BCUT2D eigenvalue weighted by Gasteiger charge is -2.29. The van der Waals surface area contributed by atoms with Crippen molar-refractivity contribution >= 4 is 17.8 Å². The van der Waals surface area contributed by atoms with E-state index in [-0.39, 0.29) is 43.5 Å². The zero-order valence-electron chi connectivity index (χ0n) is 18.3. The summed E-state index contributed by atoms with van der Waals surface area (Å²) in [4.78, 5) is 36.9. The molecule has 0 heterocycles. The van der Waals surface area contributed by atoms with E-state index < -0.39 is 11.5 Å². The van der Waals surface area contributed by atoms with Crippen molar-refractivity contribution in [2.45, 2.75) is 82.7 Å². The Labute approximate surface area is 180 Å². The summed E-state index contributed by atoms with van der Waals surface area (Å²) >= 11 is 0. The molecule has 0 aromatic carbocycles. The Morgan fingerprint density at radius 3 is 2.47 bits per heavy atom. The van der Waals surface area contributed by atoms with Crippen LogP contribution in [-0.4, -0.2) is 47.7 Å². The fraction of sp³-hybridized carbons (Fsp3) is 0.696. The van der Waals surface area contributed by atoms with Crippen LogP contribution in [0.25, 0.3) is 0 Å². The molecule has 3 N–H and O–H groups in total. The number of hydrogen-bond acceptors (Lipinski definition) is 5. The largest absolute Gasteiger partial charge is 0.464 e. The van der Waals surface area contributed by atoms with Crippen molar-refractivity contribution in [2.24, 2.45) is 5.92 Å². The van der Waals surface area contributed by atoms with Crippen molar-refractivity contribution in [1.29, 1.82) is 0 Å². The Morgan fingerprint density at radius 2 is 1.87 bits per heavy atom. The minimum atomic E-state index is -0.559. The van der Waals surface area contributed by atoms with Crippen molar-refractivity contribution < 1.29 is 24.2 Å². The van der Waals surface area contributed by atoms with Gasteiger partial charge >= 0.3 is 5.97 Å². The van der Waals surface area contributed by atoms with Gasteiger partial charge in [0, 0.05) is 12.8 Å². The minimum Gasteiger partial charge on any atom is -0.464 e. The van der Waals surface area contributed by atoms with Gasteiger partial charge in [0.1, 0.15) is 6.61 Å². The number of nitrogens with one attached hydrogen (secondary N) is 2. The molecule has 0 aromatic rings. The molecule has 2 amide bonds. The summed E-state index contributed by atoms with van der Waals surface area (Å²) in [7, 11) is 0. The fourth-order valence-electron chi connectivity index (χ4n) is 3.68. The van der Waals surface area contributed by atoms with E-state index in [1.165, 1.54) is 0 Å². The number of amides is 2. The van der Waals surface area contributed by atoms with Crippen LogP contribution in [0.3, 0.4) is 0 Å². The monoisotopic (exact) mass is 422 g/mol. The summed E-state index contributed by atoms with van der Waals surface area (Å²) < 4.78 is 5.22. The number of hydrogen-bond donors (Lipinski definition) is 3. The third-order valence-electron chi connectivity index (χ3n) is 5.44. The van der Waals surface area contributed by atoms with Crippen molar-refractivity contribution in [3.05, 3.63) is 25.3 Å². The Morgan fingerprint density at radius 1 is 1.17 bits per heavy atom. The van der Waals surface area contributed by atoms with Gasteiger partial charge in [-0.1, -0.05) is 25.0 Å². The first-order valence-corrected chi connectivity index (χ1v) is 11.0. The van der Waals surface area contributed by atoms with E-state index in [2.05, 4.69) is 23.8 Å². The van der Waals surface area contributed by atoms with Gasteiger partial charge < -0.3 is 20.5 Å². The summed E-state index contributed by atoms with van der Waals surface area (Å²) in [5.41, 5.74) is -0.556. The summed E-state index contributed by atoms with van der Waals surface area (Å²) in [6.45, 7) is 9.08. The van der Waals surface area contributed by atoms with E-state index in [1.807, 2.05) is 6.08 Å². The van der Waals surface area contributed by atoms with Crippen LogP contribution < -0.4 is 10.6 Å². The van der Waals surface area contributed by atoms with Crippen molar-refractivity contribution in [1.82, 2.24) is 10.6 Å². The molecule has 0 aromatic heterocycles. The van der Waals surface area contributed by atoms with E-state index in [1.54, 1.807) is 13.0 Å². The lowest BCUT2D eigenvalue weighted by molar-refractivity contribution is -0.145. The first-order valence-electron chi connectivity index (χ1n) is 11.0. The summed E-state index contributed by atoms with van der Waals surface area (Å²) in [5.74, 6) is -1.36. The van der Waals surface area contributed by atoms with E-state index in [9.17, 15) is 19.5 Å². The lowest BCUT2D eigenvalue weighted by Crippen LogP contribution is -2.50. The van der Waals surface area contributed by atoms with Crippen molar-refractivity contribution in [3.8, 4) is 0 Å². The normalized spacial score (nSPS) is 16.9. The highest BCUT2D eigenvalue weighted by molar-refractivity contribution is 5.86. The molecule has 0 spiro atoms. The van der Waals surface area contributed by atoms with Gasteiger partial charge in [-0.3, -0.25) is 14.4 Å². The second-order valence-electron chi connectivity index (χ2n) is 8.25. The standard InChI is InChI=1S/C23H38N2O5/c1-4-6-7-8-12-21(28)30-16-18(3)24-22(29)19(11-5-2)15-20(27)25-23(17-26)13-9-10-14-23/h4-5,18-19,26H,1-2,6-17H2,3H3,(H,24,29)(H,25,27)/t18-,19-/m0/s1. The molecule has 1 aliphatic carbocycles. The number of unbranched alkanes of at least 4 members (excludes halogenated alkanes) is 2. The second-order valence-corrected chi connectivity index (χ2v) is 8.25. The molecule has 0 bridgehead atoms. The predicted molar refractivity (Wildman–Crippen MR) is 117 cm³/mol. The zero-order chi connectivity index (χ0) is 22.4. The van der Waals surface area contributed by atoms with Gasteiger partial charge in [-0.05, 0) is 45.4 Å². The van der Waals surface area contributed by atoms with Gasteiger partial charge in [0.25, 0.3) is 0 Å². The lowest BCUT2D eigenvalue weighted by atomic mass is 9.95. The number of ether oxygens (including phenoxy) is 1. The smallest absolute Gasteiger partial charge is 0.305 e. The molecular formula is C23H38N2O5. The second kappa shape index (κ2) is 14.0. The molecule has 0 saturated heterocycles. The number of aliphatic hydroxyl groups is 1. The third-order valence-corrected chi connectivity index (χ3v) is 5.44. The highest BCUT2D eigenvalue weighted by atomic mass is 16.5. The first kappa shape index (κ1) is 25.9. The molecule has 7 heteroatoms. The van der Waals surface area contributed by atoms with Crippen molar-refractivity contribution in [2.75, 3.05) is 13.2 Å². The molecule has 0 radical (unpaired) electrons. The molecule has 30 heavy (non-hydrogen) atoms. The molecule has 1 fully saturated rings. The van der Waals surface area contributed by atoms with Gasteiger partial charge in [0.2, 0.25) is 11.8 Å². The Hall–Kier alpha value is -2.15. The SMILES string of the molecule is C=CCCCCC(=O)OC[C@H](C)NC(=O)[C@@H](CC=C)CC(=O)NC1(CO)CCCC1. The summed E-state index contributed by atoms with van der Waals surface area (Å²) in [6.07, 6.45) is 10.1. The Bertz CT molecular complexity index is 584. The number of aliphatic hydroxyl groups excluding tert-OH is 1. The van der Waals surface area contributed by atoms with Gasteiger partial charge in [0.05, 0.1) is 24.1 Å². The van der Waals surface area contributed by atoms with Crippen LogP contribution in [0.5, 0.6) is 0 Å². The van der Waals surface area contributed by atoms with Crippen LogP contribution in [0.4, 0.5) is 0 Å². The van der Waals surface area contributed by atoms with Crippen molar-refractivity contribution in [3.63, 3.8) is 0 Å². The highest BCUT2D eigenvalue weighted by Gasteiger charge is 2.35. The van der Waals surface area contributed by atoms with Gasteiger partial charge in [0.15, 0.2) is 0 Å². The third kappa shape index (κ3) is 9.57. The van der Waals surface area contributed by atoms with Crippen LogP contribution in [0.1, 0.15) is 71.1 Å². The van der Waals surface area contributed by atoms with Crippen LogP contribution in [-0.2, 0) is 19.1 Å². The number of esters is 1. The molecule has 7 nitrogen and oxygen atoms in total. The van der Waals surface area contributed by atoms with Gasteiger partial charge in [-0.25, -0.2) is 0 Å². The minimum absolute atomic E-state index is 0.0232. The summed E-state index contributed by atoms with van der Waals surface area (Å²) in [6, 6.07) is -0.358. The topological polar surface area (TPSA) is 105 Å². The number of allylic oxidation sites excluding steroid dienone is 2. The van der Waals surface area contributed by atoms with Gasteiger partial charge in [-0.2, -0.15) is 0 Å². The molecule has 1 saturated carbocycles. The quantitative estimate of drug-likeness (QED) is 0.214. The molecular weight excluding hydrogens is 384 g/mol. The predicted octanol–water partition coefficient (Wildman–Crippen LogP) is 2.78. The van der Waals surface area contributed by atoms with Crippen LogP contribution >= 0.6 is 0 Å². The average molecular weight is 423 g/mol. The molecule has 2 atom stereocenters. The number of rotatable bonds is 15. The Kier molecular flexibility index (Phi) is 12.0. The average Bonchev–Trinajstić information content (AvgIpc) is 3.18. The van der Waals surface area contributed by atoms with Crippen LogP contribution in [0.2, 0.25) is 0 Å². The first-order chi connectivity index (χ1) is 14.4. The maximum Gasteiger partial charge on any atom is 0.305 e. The number of carbonyl (C=O) groups excluding carboxylic acids is 3. The van der Waals surface area contributed by atoms with Crippen LogP contribution in [0, 0.1) is 5.92 Å². The zero-order valence-corrected chi connectivity index (χ0v) is 18.3. The maximum absolute atomic E-state index is 12.6. The summed E-state index contributed by atoms with van der Waals surface area (Å²) in [5, 5.41) is 15.4. The van der Waals surface area contributed by atoms with E-state index in [0.29, 0.717) is 12.8 Å². The molecule has 170 valence electrons. The maximum atomic E-state index is 12.6. The van der Waals surface area contributed by atoms with E-state index in [4.69, 9.17) is 4.74 Å². The van der Waals surface area contributed by atoms with Crippen LogP contribution in [0.15, 0.2) is 25.3 Å². The molecule has 0 aliphatic heterocycles. The van der Waals surface area contributed by atoms with Gasteiger partial charge in [-0.15, -0.1) is 13.2 Å². The molecule has 1 rings (SSSR count). The number of carbonyl (C=O) groups is 3. The highest BCUT2D eigenvalue weighted by Crippen LogP contribution is 2.29.